The van der Waals surface area contributed by atoms with Gasteiger partial charge in [0.2, 0.25) is 11.8 Å². The van der Waals surface area contributed by atoms with Crippen LogP contribution in [-0.4, -0.2) is 63.5 Å². The minimum Gasteiger partial charge on any atom is -0.506 e. The Balaban J connectivity index is 2.13. The second-order valence-corrected chi connectivity index (χ2v) is 8.84. The largest absolute Gasteiger partial charge is 0.506 e. The van der Waals surface area contributed by atoms with Crippen LogP contribution in [0.15, 0.2) is 28.7 Å². The van der Waals surface area contributed by atoms with E-state index in [-0.39, 0.29) is 29.5 Å². The van der Waals surface area contributed by atoms with Crippen LogP contribution in [0.4, 0.5) is 0 Å². The van der Waals surface area contributed by atoms with Crippen LogP contribution in [0.3, 0.4) is 0 Å². The molecule has 1 aromatic carbocycles. The van der Waals surface area contributed by atoms with E-state index in [4.69, 9.17) is 19.5 Å². The molecule has 7 N–H and O–H groups in total. The summed E-state index contributed by atoms with van der Waals surface area (Å²) < 4.78 is 10.5. The second kappa shape index (κ2) is 15.1. The molecule has 2 rings (SSSR count). The predicted molar refractivity (Wildman–Crippen MR) is 138 cm³/mol. The summed E-state index contributed by atoms with van der Waals surface area (Å²) in [7, 11) is 0. The fourth-order valence-corrected chi connectivity index (χ4v) is 4.09. The number of nitrogens with one attached hydrogen (secondary N) is 3. The van der Waals surface area contributed by atoms with Gasteiger partial charge in [0.25, 0.3) is 5.91 Å². The topological polar surface area (TPSA) is 225 Å². The third-order valence-corrected chi connectivity index (χ3v) is 6.11. The summed E-state index contributed by atoms with van der Waals surface area (Å²) in [5.74, 6) is -7.36. The first-order valence-corrected chi connectivity index (χ1v) is 12.6. The highest BCUT2D eigenvalue weighted by Crippen LogP contribution is 2.37. The summed E-state index contributed by atoms with van der Waals surface area (Å²) in [6, 6.07) is 4.66. The molecule has 0 saturated carbocycles. The maximum atomic E-state index is 12.8. The standard InChI is InChI=1S/C26H33N3O11/c1-3-5-6-7-16(15(4-2)24(34)29-38)23(33)27-13-28-25(35)20-9-8-19(40-20)17-10-14(39-12-21(30)31)11-18(22(17)32)26(36)37/h8-11,15-16,32,38H,3-7,12-13H2,1-2H3,(H,27,33)(H,28,35)(H,29,34)(H,30,31)(H,36,37)/t15-,16-/m1/s1. The van der Waals surface area contributed by atoms with Crippen molar-refractivity contribution in [3.05, 3.63) is 35.6 Å². The van der Waals surface area contributed by atoms with Gasteiger partial charge in [0, 0.05) is 5.92 Å². The molecule has 1 heterocycles. The van der Waals surface area contributed by atoms with E-state index >= 15 is 0 Å². The number of unbranched alkanes of at least 4 members (excludes halogenated alkanes) is 2. The van der Waals surface area contributed by atoms with Crippen molar-refractivity contribution in [2.75, 3.05) is 13.3 Å². The van der Waals surface area contributed by atoms with Gasteiger partial charge in [-0.25, -0.2) is 15.1 Å². The van der Waals surface area contributed by atoms with E-state index < -0.39 is 59.4 Å². The Kier molecular flexibility index (Phi) is 12.0. The number of aliphatic carboxylic acids is 1. The quantitative estimate of drug-likeness (QED) is 0.0679. The number of carboxylic acid groups (broad SMARTS) is 2. The van der Waals surface area contributed by atoms with Gasteiger partial charge >= 0.3 is 11.9 Å². The maximum Gasteiger partial charge on any atom is 0.341 e. The first-order chi connectivity index (χ1) is 19.0. The number of benzene rings is 1. The molecule has 0 saturated heterocycles. The lowest BCUT2D eigenvalue weighted by Crippen LogP contribution is -2.44. The third kappa shape index (κ3) is 8.46. The highest BCUT2D eigenvalue weighted by Gasteiger charge is 2.32. The summed E-state index contributed by atoms with van der Waals surface area (Å²) in [5.41, 5.74) is 0.867. The Hall–Kier alpha value is -4.59. The molecule has 0 unspecified atom stereocenters. The fourth-order valence-electron chi connectivity index (χ4n) is 4.09. The number of carboxylic acids is 2. The Bertz CT molecular complexity index is 1220. The van der Waals surface area contributed by atoms with Crippen molar-refractivity contribution in [2.24, 2.45) is 11.8 Å². The average molecular weight is 564 g/mol. The van der Waals surface area contributed by atoms with Crippen molar-refractivity contribution in [1.82, 2.24) is 16.1 Å². The van der Waals surface area contributed by atoms with Crippen LogP contribution in [0.5, 0.6) is 11.5 Å². The van der Waals surface area contributed by atoms with Crippen molar-refractivity contribution in [3.63, 3.8) is 0 Å². The number of carbonyl (C=O) groups excluding carboxylic acids is 3. The Labute approximate surface area is 229 Å². The number of ether oxygens (including phenoxy) is 1. The van der Waals surface area contributed by atoms with Crippen LogP contribution in [0.2, 0.25) is 0 Å². The van der Waals surface area contributed by atoms with Gasteiger partial charge in [-0.15, -0.1) is 0 Å². The van der Waals surface area contributed by atoms with Gasteiger partial charge < -0.3 is 35.1 Å². The normalized spacial score (nSPS) is 12.2. The molecule has 0 fully saturated rings. The van der Waals surface area contributed by atoms with Gasteiger partial charge in [-0.2, -0.15) is 0 Å². The molecule has 40 heavy (non-hydrogen) atoms. The Morgan fingerprint density at radius 2 is 1.70 bits per heavy atom. The van der Waals surface area contributed by atoms with E-state index in [0.29, 0.717) is 19.3 Å². The average Bonchev–Trinajstić information content (AvgIpc) is 3.41. The molecule has 1 aromatic heterocycles. The third-order valence-electron chi connectivity index (χ3n) is 6.11. The number of hydrogen-bond acceptors (Lipinski definition) is 9. The zero-order chi connectivity index (χ0) is 29.8. The first-order valence-electron chi connectivity index (χ1n) is 12.6. The van der Waals surface area contributed by atoms with Crippen LogP contribution >= 0.6 is 0 Å². The van der Waals surface area contributed by atoms with Crippen molar-refractivity contribution in [2.45, 2.75) is 46.0 Å². The minimum absolute atomic E-state index is 0.105. The highest BCUT2D eigenvalue weighted by atomic mass is 16.5. The number of hydroxylamine groups is 1. The number of aromatic carboxylic acids is 1. The summed E-state index contributed by atoms with van der Waals surface area (Å²) in [4.78, 5) is 59.8. The molecule has 0 bridgehead atoms. The Morgan fingerprint density at radius 1 is 0.975 bits per heavy atom. The molecule has 0 radical (unpaired) electrons. The van der Waals surface area contributed by atoms with Crippen LogP contribution in [0.1, 0.15) is 66.9 Å². The second-order valence-electron chi connectivity index (χ2n) is 8.84. The predicted octanol–water partition coefficient (Wildman–Crippen LogP) is 2.35. The molecule has 3 amide bonds. The van der Waals surface area contributed by atoms with Crippen LogP contribution < -0.4 is 20.9 Å². The van der Waals surface area contributed by atoms with Crippen molar-refractivity contribution < 1.29 is 53.7 Å². The van der Waals surface area contributed by atoms with E-state index in [1.54, 1.807) is 12.4 Å². The van der Waals surface area contributed by atoms with Gasteiger partial charge in [-0.05, 0) is 37.1 Å². The number of rotatable bonds is 16. The number of carbonyl (C=O) groups is 5. The lowest BCUT2D eigenvalue weighted by Gasteiger charge is -2.24. The molecule has 0 aliphatic heterocycles. The monoisotopic (exact) mass is 563 g/mol. The minimum atomic E-state index is -1.51. The van der Waals surface area contributed by atoms with Gasteiger partial charge in [0.1, 0.15) is 22.8 Å². The lowest BCUT2D eigenvalue weighted by molar-refractivity contribution is -0.140. The SMILES string of the molecule is CCCCC[C@@H](C(=O)NCNC(=O)c1ccc(-c2cc(OCC(=O)O)cc(C(=O)O)c2O)o1)[C@@H](CC)C(=O)NO. The van der Waals surface area contributed by atoms with Crippen LogP contribution in [-0.2, 0) is 14.4 Å². The van der Waals surface area contributed by atoms with Crippen molar-refractivity contribution >= 4 is 29.7 Å². The molecule has 0 spiro atoms. The van der Waals surface area contributed by atoms with E-state index in [1.165, 1.54) is 12.1 Å². The van der Waals surface area contributed by atoms with E-state index in [0.717, 1.165) is 25.0 Å². The first kappa shape index (κ1) is 31.6. The smallest absolute Gasteiger partial charge is 0.341 e. The molecule has 218 valence electrons. The highest BCUT2D eigenvalue weighted by molar-refractivity contribution is 5.96. The molecular weight excluding hydrogens is 530 g/mol. The number of furan rings is 1. The van der Waals surface area contributed by atoms with E-state index in [1.807, 2.05) is 6.92 Å². The summed E-state index contributed by atoms with van der Waals surface area (Å²) in [6.45, 7) is 2.66. The zero-order valence-electron chi connectivity index (χ0n) is 22.1. The maximum absolute atomic E-state index is 12.8. The summed E-state index contributed by atoms with van der Waals surface area (Å²) >= 11 is 0. The lowest BCUT2D eigenvalue weighted by atomic mass is 9.84. The Morgan fingerprint density at radius 3 is 2.30 bits per heavy atom. The molecular formula is C26H33N3O11. The summed E-state index contributed by atoms with van der Waals surface area (Å²) in [5, 5.41) is 42.6. The number of phenols is 1. The molecule has 2 atom stereocenters. The van der Waals surface area contributed by atoms with Crippen molar-refractivity contribution in [1.29, 1.82) is 0 Å². The van der Waals surface area contributed by atoms with Gasteiger partial charge in [-0.1, -0.05) is 33.1 Å². The molecule has 14 nitrogen and oxygen atoms in total. The molecule has 14 heteroatoms. The number of hydrogen-bond donors (Lipinski definition) is 7. The van der Waals surface area contributed by atoms with E-state index in [2.05, 4.69) is 10.6 Å². The van der Waals surface area contributed by atoms with Gasteiger partial charge in [0.05, 0.1) is 18.2 Å². The van der Waals surface area contributed by atoms with Crippen LogP contribution in [0.25, 0.3) is 11.3 Å². The fraction of sp³-hybridized carbons (Fsp3) is 0.423. The number of aromatic hydroxyl groups is 1. The van der Waals surface area contributed by atoms with Gasteiger partial charge in [0.15, 0.2) is 12.4 Å². The van der Waals surface area contributed by atoms with Crippen molar-refractivity contribution in [3.8, 4) is 22.8 Å². The van der Waals surface area contributed by atoms with E-state index in [9.17, 15) is 34.2 Å². The summed E-state index contributed by atoms with van der Waals surface area (Å²) in [6.07, 6.45) is 3.20. The molecule has 0 aliphatic rings. The van der Waals surface area contributed by atoms with Gasteiger partial charge in [-0.3, -0.25) is 19.6 Å². The molecule has 0 aliphatic carbocycles. The number of amides is 3. The van der Waals surface area contributed by atoms with Crippen LogP contribution in [0, 0.1) is 11.8 Å². The molecule has 2 aromatic rings. The zero-order valence-corrected chi connectivity index (χ0v) is 22.1.